The Morgan fingerprint density at radius 3 is 2.59 bits per heavy atom. The number of rotatable bonds is 6. The minimum absolute atomic E-state index is 0.0521. The molecule has 0 saturated carbocycles. The van der Waals surface area contributed by atoms with E-state index in [1.54, 1.807) is 0 Å². The van der Waals surface area contributed by atoms with Crippen LogP contribution in [0.5, 0.6) is 11.5 Å². The number of thioether (sulfide) groups is 1. The van der Waals surface area contributed by atoms with Crippen LogP contribution in [0.3, 0.4) is 0 Å². The zero-order valence-electron chi connectivity index (χ0n) is 17.9. The number of hydrogen-bond donors (Lipinski definition) is 1. The molecule has 1 fully saturated rings. The van der Waals surface area contributed by atoms with Crippen molar-refractivity contribution in [3.63, 3.8) is 0 Å². The number of ether oxygens (including phenoxy) is 3. The molecule has 1 saturated heterocycles. The maximum absolute atomic E-state index is 12.6. The van der Waals surface area contributed by atoms with Crippen molar-refractivity contribution in [3.8, 4) is 11.5 Å². The molecule has 2 aliphatic heterocycles. The molecule has 5 rings (SSSR count). The molecule has 3 aromatic rings. The smallest absolute Gasteiger partial charge is 0.234 e. The van der Waals surface area contributed by atoms with E-state index in [9.17, 15) is 4.79 Å². The maximum Gasteiger partial charge on any atom is 0.234 e. The van der Waals surface area contributed by atoms with E-state index in [-0.39, 0.29) is 12.7 Å². The molecule has 1 aromatic heterocycles. The Bertz CT molecular complexity index is 1130. The summed E-state index contributed by atoms with van der Waals surface area (Å²) in [5, 5.41) is 4.87. The number of morpholine rings is 1. The highest BCUT2D eigenvalue weighted by Crippen LogP contribution is 2.37. The van der Waals surface area contributed by atoms with Crippen LogP contribution in [-0.4, -0.2) is 49.7 Å². The first-order valence-corrected chi connectivity index (χ1v) is 11.8. The standard InChI is InChI=1S/C24H25N3O4S/c1-2-16-11-17-12-21-22(31-15-30-21)13-20(17)26-24(16)32-14-23(28)25-18-3-5-19(6-4-18)27-7-9-29-10-8-27/h3-6,11-13H,2,7-10,14-15H2,1H3,(H,25,28). The van der Waals surface area contributed by atoms with Gasteiger partial charge in [0.25, 0.3) is 0 Å². The van der Waals surface area contributed by atoms with Gasteiger partial charge in [-0.25, -0.2) is 4.98 Å². The molecule has 7 nitrogen and oxygen atoms in total. The van der Waals surface area contributed by atoms with Crippen molar-refractivity contribution in [2.75, 3.05) is 49.1 Å². The van der Waals surface area contributed by atoms with Gasteiger partial charge in [0.15, 0.2) is 11.5 Å². The third-order valence-electron chi connectivity index (χ3n) is 5.60. The van der Waals surface area contributed by atoms with Crippen LogP contribution >= 0.6 is 11.8 Å². The first kappa shape index (κ1) is 20.9. The fourth-order valence-electron chi connectivity index (χ4n) is 3.88. The number of fused-ring (bicyclic) bond motifs is 2. The van der Waals surface area contributed by atoms with E-state index in [0.717, 1.165) is 71.3 Å². The molecule has 0 atom stereocenters. The maximum atomic E-state index is 12.6. The van der Waals surface area contributed by atoms with Gasteiger partial charge in [0.2, 0.25) is 12.7 Å². The number of aromatic nitrogens is 1. The first-order chi connectivity index (χ1) is 15.7. The van der Waals surface area contributed by atoms with Crippen molar-refractivity contribution in [2.45, 2.75) is 18.4 Å². The van der Waals surface area contributed by atoms with E-state index in [4.69, 9.17) is 19.2 Å². The van der Waals surface area contributed by atoms with E-state index >= 15 is 0 Å². The summed E-state index contributed by atoms with van der Waals surface area (Å²) < 4.78 is 16.3. The minimum Gasteiger partial charge on any atom is -0.454 e. The van der Waals surface area contributed by atoms with Crippen LogP contribution in [0.25, 0.3) is 10.9 Å². The number of aryl methyl sites for hydroxylation is 1. The lowest BCUT2D eigenvalue weighted by molar-refractivity contribution is -0.113. The van der Waals surface area contributed by atoms with Crippen molar-refractivity contribution in [1.29, 1.82) is 0 Å². The molecule has 8 heteroatoms. The second kappa shape index (κ2) is 9.26. The Morgan fingerprint density at radius 1 is 1.09 bits per heavy atom. The lowest BCUT2D eigenvalue weighted by atomic mass is 10.1. The highest BCUT2D eigenvalue weighted by Gasteiger charge is 2.17. The summed E-state index contributed by atoms with van der Waals surface area (Å²) in [6.45, 7) is 5.62. The molecule has 0 bridgehead atoms. The van der Waals surface area contributed by atoms with Crippen LogP contribution in [0, 0.1) is 0 Å². The third-order valence-corrected chi connectivity index (χ3v) is 6.63. The van der Waals surface area contributed by atoms with Gasteiger partial charge in [-0.05, 0) is 48.4 Å². The molecule has 3 heterocycles. The summed E-state index contributed by atoms with van der Waals surface area (Å²) in [7, 11) is 0. The van der Waals surface area contributed by atoms with E-state index in [0.29, 0.717) is 11.5 Å². The molecule has 166 valence electrons. The monoisotopic (exact) mass is 451 g/mol. The molecule has 1 N–H and O–H groups in total. The molecular weight excluding hydrogens is 426 g/mol. The molecule has 2 aromatic carbocycles. The van der Waals surface area contributed by atoms with Crippen LogP contribution < -0.4 is 19.7 Å². The number of nitrogens with one attached hydrogen (secondary N) is 1. The molecular formula is C24H25N3O4S. The molecule has 0 unspecified atom stereocenters. The van der Waals surface area contributed by atoms with Crippen LogP contribution in [0.2, 0.25) is 0 Å². The Balaban J connectivity index is 1.24. The van der Waals surface area contributed by atoms with Crippen molar-refractivity contribution in [3.05, 3.63) is 48.0 Å². The largest absolute Gasteiger partial charge is 0.454 e. The second-order valence-electron chi connectivity index (χ2n) is 7.69. The summed E-state index contributed by atoms with van der Waals surface area (Å²) >= 11 is 1.46. The number of amides is 1. The van der Waals surface area contributed by atoms with E-state index < -0.39 is 0 Å². The quantitative estimate of drug-likeness (QED) is 0.566. The molecule has 32 heavy (non-hydrogen) atoms. The van der Waals surface area contributed by atoms with Gasteiger partial charge in [0.05, 0.1) is 24.5 Å². The number of carbonyl (C=O) groups excluding carboxylic acids is 1. The highest BCUT2D eigenvalue weighted by atomic mass is 32.2. The van der Waals surface area contributed by atoms with Crippen LogP contribution in [-0.2, 0) is 16.0 Å². The summed E-state index contributed by atoms with van der Waals surface area (Å²) in [6, 6.07) is 14.0. The van der Waals surface area contributed by atoms with Crippen molar-refractivity contribution >= 4 is 39.9 Å². The Labute approximate surface area is 191 Å². The lowest BCUT2D eigenvalue weighted by Gasteiger charge is -2.28. The number of anilines is 2. The predicted molar refractivity (Wildman–Crippen MR) is 126 cm³/mol. The number of benzene rings is 2. The third kappa shape index (κ3) is 4.47. The van der Waals surface area contributed by atoms with Crippen molar-refractivity contribution < 1.29 is 19.0 Å². The van der Waals surface area contributed by atoms with Gasteiger partial charge >= 0.3 is 0 Å². The lowest BCUT2D eigenvalue weighted by Crippen LogP contribution is -2.36. The highest BCUT2D eigenvalue weighted by molar-refractivity contribution is 8.00. The van der Waals surface area contributed by atoms with Gasteiger partial charge in [-0.2, -0.15) is 0 Å². The van der Waals surface area contributed by atoms with Gasteiger partial charge in [-0.1, -0.05) is 18.7 Å². The van der Waals surface area contributed by atoms with Gasteiger partial charge in [-0.3, -0.25) is 4.79 Å². The van der Waals surface area contributed by atoms with E-state index in [1.165, 1.54) is 11.8 Å². The van der Waals surface area contributed by atoms with Gasteiger partial charge in [0.1, 0.15) is 5.03 Å². The average molecular weight is 452 g/mol. The zero-order chi connectivity index (χ0) is 21.9. The summed E-state index contributed by atoms with van der Waals surface area (Å²) in [5.41, 5.74) is 3.90. The van der Waals surface area contributed by atoms with Gasteiger partial charge < -0.3 is 24.4 Å². The Hall–Kier alpha value is -2.97. The molecule has 0 aliphatic carbocycles. The topological polar surface area (TPSA) is 72.9 Å². The summed E-state index contributed by atoms with van der Waals surface area (Å²) in [5.74, 6) is 1.70. The average Bonchev–Trinajstić information content (AvgIpc) is 3.29. The fraction of sp³-hybridized carbons (Fsp3) is 0.333. The first-order valence-electron chi connectivity index (χ1n) is 10.8. The van der Waals surface area contributed by atoms with Gasteiger partial charge in [0, 0.05) is 35.9 Å². The molecule has 0 spiro atoms. The van der Waals surface area contributed by atoms with Crippen LogP contribution in [0.1, 0.15) is 12.5 Å². The SMILES string of the molecule is CCc1cc2cc3c(cc2nc1SCC(=O)Nc1ccc(N2CCOCC2)cc1)OCO3. The van der Waals surface area contributed by atoms with Gasteiger partial charge in [-0.15, -0.1) is 0 Å². The predicted octanol–water partition coefficient (Wildman–Crippen LogP) is 4.09. The number of nitrogens with zero attached hydrogens (tertiary/aromatic N) is 2. The Morgan fingerprint density at radius 2 is 1.84 bits per heavy atom. The number of hydrogen-bond acceptors (Lipinski definition) is 7. The van der Waals surface area contributed by atoms with Crippen LogP contribution in [0.15, 0.2) is 47.5 Å². The summed E-state index contributed by atoms with van der Waals surface area (Å²) in [4.78, 5) is 19.7. The number of pyridine rings is 1. The molecule has 0 radical (unpaired) electrons. The zero-order valence-corrected chi connectivity index (χ0v) is 18.7. The molecule has 1 amide bonds. The minimum atomic E-state index is -0.0521. The molecule has 2 aliphatic rings. The van der Waals surface area contributed by atoms with E-state index in [1.807, 2.05) is 36.4 Å². The fourth-order valence-corrected chi connectivity index (χ4v) is 4.77. The normalized spacial score (nSPS) is 15.2. The van der Waals surface area contributed by atoms with Crippen LogP contribution in [0.4, 0.5) is 11.4 Å². The Kier molecular flexibility index (Phi) is 6.05. The second-order valence-corrected chi connectivity index (χ2v) is 8.65. The van der Waals surface area contributed by atoms with Crippen molar-refractivity contribution in [2.24, 2.45) is 0 Å². The summed E-state index contributed by atoms with van der Waals surface area (Å²) in [6.07, 6.45) is 0.838. The van der Waals surface area contributed by atoms with Crippen molar-refractivity contribution in [1.82, 2.24) is 4.98 Å². The van der Waals surface area contributed by atoms with E-state index in [2.05, 4.69) is 23.2 Å². The number of carbonyl (C=O) groups is 1.